The highest BCUT2D eigenvalue weighted by atomic mass is 16.7. The Labute approximate surface area is 273 Å². The summed E-state index contributed by atoms with van der Waals surface area (Å²) < 4.78 is 17.6. The monoisotopic (exact) mass is 623 g/mol. The van der Waals surface area contributed by atoms with Gasteiger partial charge in [-0.3, -0.25) is 9.79 Å². The third kappa shape index (κ3) is 5.20. The highest BCUT2D eigenvalue weighted by Gasteiger charge is 2.52. The molecule has 242 valence electrons. The number of benzene rings is 2. The van der Waals surface area contributed by atoms with E-state index in [2.05, 4.69) is 57.3 Å². The minimum atomic E-state index is -0.628. The number of hydrogen-bond donors (Lipinski definition) is 1. The Hall–Kier alpha value is -3.43. The van der Waals surface area contributed by atoms with Crippen LogP contribution in [0, 0.1) is 5.92 Å². The van der Waals surface area contributed by atoms with Gasteiger partial charge in [-0.15, -0.1) is 0 Å². The number of methoxy groups -OCH3 is 1. The number of likely N-dealkylation sites (tertiary alicyclic amines) is 1. The molecule has 9 heteroatoms. The average molecular weight is 624 g/mol. The van der Waals surface area contributed by atoms with Gasteiger partial charge in [0.2, 0.25) is 5.91 Å². The number of rotatable bonds is 6. The lowest BCUT2D eigenvalue weighted by atomic mass is 9.69. The lowest BCUT2D eigenvalue weighted by molar-refractivity contribution is -0.134. The quantitative estimate of drug-likeness (QED) is 0.435. The third-order valence-corrected chi connectivity index (χ3v) is 11.2. The van der Waals surface area contributed by atoms with Crippen molar-refractivity contribution in [2.24, 2.45) is 10.9 Å². The highest BCUT2D eigenvalue weighted by Crippen LogP contribution is 2.45. The van der Waals surface area contributed by atoms with Crippen LogP contribution in [0.25, 0.3) is 16.7 Å². The average Bonchev–Trinajstić information content (AvgIpc) is 3.75. The van der Waals surface area contributed by atoms with E-state index in [1.165, 1.54) is 51.6 Å². The number of nitrogens with one attached hydrogen (secondary N) is 1. The number of nitrogens with zero attached hydrogens (tertiary/aromatic N) is 2. The van der Waals surface area contributed by atoms with Crippen LogP contribution in [0.5, 0.6) is 0 Å². The number of alkyl carbamates (subject to hydrolysis) is 1. The van der Waals surface area contributed by atoms with Gasteiger partial charge in [0.25, 0.3) is 0 Å². The van der Waals surface area contributed by atoms with Crippen molar-refractivity contribution in [3.05, 3.63) is 58.3 Å². The van der Waals surface area contributed by atoms with E-state index in [9.17, 15) is 9.59 Å². The van der Waals surface area contributed by atoms with Gasteiger partial charge in [-0.1, -0.05) is 38.1 Å². The number of aryl methyl sites for hydroxylation is 4. The molecule has 2 amide bonds. The Kier molecular flexibility index (Phi) is 7.71. The van der Waals surface area contributed by atoms with Gasteiger partial charge in [0.1, 0.15) is 6.04 Å². The first-order chi connectivity index (χ1) is 21.9. The SMILES string of the molecule is COC(=O)N[C@H](C(=O)N1CCC[C@H]1C1=NC=C(c2cc3c4c(c2)CCc2cc(B5OC(C)(C)C(C)(C)O5)cc(c2-4)CC3)C1)C(C)C. The smallest absolute Gasteiger partial charge is 0.453 e. The van der Waals surface area contributed by atoms with Crippen LogP contribution in [0.3, 0.4) is 0 Å². The van der Waals surface area contributed by atoms with Crippen molar-refractivity contribution in [2.45, 2.75) is 110 Å². The molecule has 0 bridgehead atoms. The van der Waals surface area contributed by atoms with Crippen molar-refractivity contribution < 1.29 is 23.6 Å². The van der Waals surface area contributed by atoms with Gasteiger partial charge < -0.3 is 24.3 Å². The summed E-state index contributed by atoms with van der Waals surface area (Å²) in [5.41, 5.74) is 12.4. The van der Waals surface area contributed by atoms with Crippen LogP contribution in [-0.2, 0) is 44.5 Å². The van der Waals surface area contributed by atoms with Crippen molar-refractivity contribution in [1.29, 1.82) is 0 Å². The van der Waals surface area contributed by atoms with E-state index < -0.39 is 12.1 Å². The normalized spacial score (nSPS) is 22.8. The van der Waals surface area contributed by atoms with Crippen molar-refractivity contribution in [3.8, 4) is 11.1 Å². The molecular formula is C37H46BN3O5. The highest BCUT2D eigenvalue weighted by molar-refractivity contribution is 6.62. The Balaban J connectivity index is 1.10. The molecule has 2 aliphatic carbocycles. The molecule has 2 aromatic rings. The molecule has 0 saturated carbocycles. The van der Waals surface area contributed by atoms with Gasteiger partial charge >= 0.3 is 13.2 Å². The maximum Gasteiger partial charge on any atom is 0.494 e. The second-order valence-corrected chi connectivity index (χ2v) is 15.0. The molecule has 8 nitrogen and oxygen atoms in total. The molecule has 3 heterocycles. The third-order valence-electron chi connectivity index (χ3n) is 11.2. The molecule has 2 saturated heterocycles. The van der Waals surface area contributed by atoms with Gasteiger partial charge in [-0.25, -0.2) is 4.79 Å². The van der Waals surface area contributed by atoms with Gasteiger partial charge in [0.05, 0.1) is 24.4 Å². The van der Waals surface area contributed by atoms with Crippen molar-refractivity contribution in [2.75, 3.05) is 13.7 Å². The van der Waals surface area contributed by atoms with E-state index in [1.807, 2.05) is 24.9 Å². The molecule has 0 unspecified atom stereocenters. The first kappa shape index (κ1) is 31.2. The van der Waals surface area contributed by atoms with Crippen LogP contribution in [0.15, 0.2) is 35.5 Å². The molecule has 46 heavy (non-hydrogen) atoms. The van der Waals surface area contributed by atoms with E-state index in [0.717, 1.165) is 56.1 Å². The van der Waals surface area contributed by atoms with Gasteiger partial charge in [0, 0.05) is 24.9 Å². The fourth-order valence-corrected chi connectivity index (χ4v) is 7.92. The molecule has 2 atom stereocenters. The first-order valence-corrected chi connectivity index (χ1v) is 17.0. The molecule has 3 aliphatic heterocycles. The van der Waals surface area contributed by atoms with Crippen molar-refractivity contribution in [3.63, 3.8) is 0 Å². The Morgan fingerprint density at radius 1 is 0.957 bits per heavy atom. The number of ether oxygens (including phenoxy) is 1. The fraction of sp³-hybridized carbons (Fsp3) is 0.541. The number of hydrogen-bond acceptors (Lipinski definition) is 6. The zero-order valence-electron chi connectivity index (χ0n) is 28.3. The molecular weight excluding hydrogens is 577 g/mol. The van der Waals surface area contributed by atoms with E-state index in [4.69, 9.17) is 19.0 Å². The zero-order chi connectivity index (χ0) is 32.5. The number of aliphatic imine (C=N–C) groups is 1. The summed E-state index contributed by atoms with van der Waals surface area (Å²) in [5, 5.41) is 2.75. The van der Waals surface area contributed by atoms with Gasteiger partial charge in [-0.2, -0.15) is 0 Å². The van der Waals surface area contributed by atoms with E-state index in [1.54, 1.807) is 0 Å². The Morgan fingerprint density at radius 3 is 2.07 bits per heavy atom. The maximum absolute atomic E-state index is 13.6. The largest absolute Gasteiger partial charge is 0.494 e. The standard InChI is InChI=1S/C37H46BN3O5/c1-21(2)33(40-35(43)44-7)34(42)41-14-8-9-30(41)29-19-27(20-39-29)26-15-22-10-12-24-17-28(38-45-36(3,4)37(5,6)46-38)18-25-13-11-23(16-26)31(22)32(24)25/h15-18,20-21,30,33H,8-14,19H2,1-7H3,(H,40,43)/t30-,33-/m0/s1. The lowest BCUT2D eigenvalue weighted by Crippen LogP contribution is -2.53. The Morgan fingerprint density at radius 2 is 1.52 bits per heavy atom. The predicted octanol–water partition coefficient (Wildman–Crippen LogP) is 5.41. The fourth-order valence-electron chi connectivity index (χ4n) is 7.92. The molecule has 5 aliphatic rings. The van der Waals surface area contributed by atoms with E-state index in [0.29, 0.717) is 6.54 Å². The summed E-state index contributed by atoms with van der Waals surface area (Å²) in [5.74, 6) is -0.117. The van der Waals surface area contributed by atoms with Crippen LogP contribution < -0.4 is 10.8 Å². The molecule has 0 radical (unpaired) electrons. The van der Waals surface area contributed by atoms with Gasteiger partial charge in [0.15, 0.2) is 0 Å². The van der Waals surface area contributed by atoms with Crippen molar-refractivity contribution >= 4 is 35.9 Å². The summed E-state index contributed by atoms with van der Waals surface area (Å²) in [6.07, 6.45) is 8.00. The first-order valence-electron chi connectivity index (χ1n) is 17.0. The van der Waals surface area contributed by atoms with E-state index >= 15 is 0 Å². The minimum absolute atomic E-state index is 0.0504. The second-order valence-electron chi connectivity index (χ2n) is 15.0. The predicted molar refractivity (Wildman–Crippen MR) is 181 cm³/mol. The van der Waals surface area contributed by atoms with Crippen LogP contribution in [-0.4, -0.2) is 66.7 Å². The molecule has 0 aromatic heterocycles. The topological polar surface area (TPSA) is 89.5 Å². The molecule has 2 fully saturated rings. The summed E-state index contributed by atoms with van der Waals surface area (Å²) in [4.78, 5) is 32.4. The number of allylic oxidation sites excluding steroid dienone is 1. The second kappa shape index (κ2) is 11.4. The van der Waals surface area contributed by atoms with Crippen LogP contribution >= 0.6 is 0 Å². The van der Waals surface area contributed by atoms with Crippen LogP contribution in [0.4, 0.5) is 4.79 Å². The van der Waals surface area contributed by atoms with Crippen LogP contribution in [0.2, 0.25) is 0 Å². The van der Waals surface area contributed by atoms with Gasteiger partial charge in [-0.05, 0) is 122 Å². The molecule has 2 aromatic carbocycles. The maximum atomic E-state index is 13.6. The molecule has 0 spiro atoms. The minimum Gasteiger partial charge on any atom is -0.453 e. The zero-order valence-corrected chi connectivity index (χ0v) is 28.3. The van der Waals surface area contributed by atoms with Crippen LogP contribution in [0.1, 0.15) is 88.6 Å². The van der Waals surface area contributed by atoms with Crippen molar-refractivity contribution in [1.82, 2.24) is 10.2 Å². The number of amides is 2. The Bertz CT molecular complexity index is 1610. The van der Waals surface area contributed by atoms with E-state index in [-0.39, 0.29) is 36.2 Å². The molecule has 1 N–H and O–H groups in total. The summed E-state index contributed by atoms with van der Waals surface area (Å²) in [7, 11) is 0.980. The molecule has 7 rings (SSSR count). The number of carbonyl (C=O) groups is 2. The lowest BCUT2D eigenvalue weighted by Gasteiger charge is -2.32. The number of carbonyl (C=O) groups excluding carboxylic acids is 2. The summed E-state index contributed by atoms with van der Waals surface area (Å²) in [6.45, 7) is 13.0. The summed E-state index contributed by atoms with van der Waals surface area (Å²) >= 11 is 0. The summed E-state index contributed by atoms with van der Waals surface area (Å²) in [6, 6.07) is 8.74.